The second kappa shape index (κ2) is 6.85. The minimum Gasteiger partial charge on any atom is -0.490 e. The van der Waals surface area contributed by atoms with Crippen LogP contribution < -0.4 is 29.7 Å². The van der Waals surface area contributed by atoms with Crippen LogP contribution in [0.1, 0.15) is 32.3 Å². The largest absolute Gasteiger partial charge is 0.490 e. The van der Waals surface area contributed by atoms with Crippen LogP contribution in [0.4, 0.5) is 5.69 Å². The van der Waals surface area contributed by atoms with E-state index in [1.165, 1.54) is 11.3 Å². The Morgan fingerprint density at radius 2 is 2.14 bits per heavy atom. The number of fused-ring (bicyclic) bond motifs is 1. The maximum atomic E-state index is 12.6. The third-order valence-corrected chi connectivity index (χ3v) is 6.90. The van der Waals surface area contributed by atoms with E-state index in [0.717, 1.165) is 42.9 Å². The highest BCUT2D eigenvalue weighted by Gasteiger charge is 2.54. The fraction of sp³-hybridized carbons (Fsp3) is 0.455. The summed E-state index contributed by atoms with van der Waals surface area (Å²) in [6, 6.07) is 6.04. The Kier molecular flexibility index (Phi) is 4.40. The molecule has 29 heavy (non-hydrogen) atoms. The third-order valence-electron chi connectivity index (χ3n) is 5.82. The van der Waals surface area contributed by atoms with Crippen LogP contribution in [0.2, 0.25) is 0 Å². The molecule has 7 heteroatoms. The molecule has 1 aliphatic carbocycles. The van der Waals surface area contributed by atoms with Crippen molar-refractivity contribution in [1.82, 2.24) is 10.3 Å². The lowest BCUT2D eigenvalue weighted by molar-refractivity contribution is -0.115. The Labute approximate surface area is 172 Å². The predicted molar refractivity (Wildman–Crippen MR) is 115 cm³/mol. The van der Waals surface area contributed by atoms with Crippen LogP contribution in [0.25, 0.3) is 11.6 Å². The summed E-state index contributed by atoms with van der Waals surface area (Å²) in [5.74, 6) is 1.60. The molecule has 2 fully saturated rings. The summed E-state index contributed by atoms with van der Waals surface area (Å²) in [4.78, 5) is 30.4. The molecule has 3 aliphatic rings. The fourth-order valence-electron chi connectivity index (χ4n) is 4.16. The summed E-state index contributed by atoms with van der Waals surface area (Å²) < 4.78 is 7.10. The number of nitrogens with one attached hydrogen (secondary N) is 2. The van der Waals surface area contributed by atoms with E-state index in [1.807, 2.05) is 18.2 Å². The number of Topliss-reactive ketones (excluding diaryl/α,β-unsaturated/α-hetero) is 1. The predicted octanol–water partition coefficient (Wildman–Crippen LogP) is 0.976. The number of rotatable bonds is 3. The number of hydrogen-bond acceptors (Lipinski definition) is 6. The number of hydrogen-bond donors (Lipinski definition) is 2. The van der Waals surface area contributed by atoms with Gasteiger partial charge in [0.2, 0.25) is 0 Å². The van der Waals surface area contributed by atoms with Crippen LogP contribution in [0.15, 0.2) is 23.0 Å². The first-order valence-electron chi connectivity index (χ1n) is 10.2. The van der Waals surface area contributed by atoms with Crippen molar-refractivity contribution >= 4 is 34.5 Å². The first-order valence-corrected chi connectivity index (χ1v) is 11.0. The molecule has 1 spiro atoms. The second-order valence-corrected chi connectivity index (χ2v) is 9.60. The highest BCUT2D eigenvalue weighted by molar-refractivity contribution is 7.07. The van der Waals surface area contributed by atoms with Crippen molar-refractivity contribution in [2.24, 2.45) is 5.92 Å². The molecule has 2 aromatic rings. The lowest BCUT2D eigenvalue weighted by Crippen LogP contribution is -2.35. The summed E-state index contributed by atoms with van der Waals surface area (Å²) in [5.41, 5.74) is 2.27. The normalized spacial score (nSPS) is 22.4. The van der Waals surface area contributed by atoms with Gasteiger partial charge in [0.15, 0.2) is 5.78 Å². The number of carbonyl (C=O) groups excluding carboxylic acids is 1. The zero-order valence-corrected chi connectivity index (χ0v) is 17.5. The van der Waals surface area contributed by atoms with Crippen molar-refractivity contribution in [3.8, 4) is 5.75 Å². The maximum Gasteiger partial charge on any atom is 0.266 e. The molecule has 1 aromatic heterocycles. The van der Waals surface area contributed by atoms with Crippen LogP contribution in [-0.2, 0) is 4.79 Å². The van der Waals surface area contributed by atoms with Gasteiger partial charge in [-0.25, -0.2) is 0 Å². The number of thiazole rings is 1. The van der Waals surface area contributed by atoms with Gasteiger partial charge < -0.3 is 19.9 Å². The van der Waals surface area contributed by atoms with Gasteiger partial charge in [0.05, 0.1) is 22.3 Å². The third kappa shape index (κ3) is 3.32. The summed E-state index contributed by atoms with van der Waals surface area (Å²) in [5, 5.41) is 3.31. The molecule has 0 amide bonds. The zero-order chi connectivity index (χ0) is 20.2. The number of aromatic nitrogens is 1. The van der Waals surface area contributed by atoms with E-state index in [9.17, 15) is 9.59 Å². The Bertz CT molecular complexity index is 1160. The van der Waals surface area contributed by atoms with Crippen molar-refractivity contribution < 1.29 is 9.53 Å². The highest BCUT2D eigenvalue weighted by atomic mass is 32.1. The van der Waals surface area contributed by atoms with Gasteiger partial charge in [0.1, 0.15) is 17.0 Å². The van der Waals surface area contributed by atoms with Crippen LogP contribution in [0.3, 0.4) is 0 Å². The van der Waals surface area contributed by atoms with Crippen molar-refractivity contribution in [3.63, 3.8) is 0 Å². The van der Waals surface area contributed by atoms with E-state index in [-0.39, 0.29) is 16.9 Å². The molecule has 2 aliphatic heterocycles. The van der Waals surface area contributed by atoms with E-state index >= 15 is 0 Å². The highest BCUT2D eigenvalue weighted by Crippen LogP contribution is 2.41. The Hall–Kier alpha value is -2.38. The summed E-state index contributed by atoms with van der Waals surface area (Å²) in [7, 11) is 0. The van der Waals surface area contributed by atoms with Gasteiger partial charge >= 0.3 is 0 Å². The lowest BCUT2D eigenvalue weighted by atomic mass is 10.1. The maximum absolute atomic E-state index is 12.6. The Morgan fingerprint density at radius 1 is 1.31 bits per heavy atom. The second-order valence-electron chi connectivity index (χ2n) is 8.55. The van der Waals surface area contributed by atoms with E-state index in [2.05, 4.69) is 35.1 Å². The Morgan fingerprint density at radius 3 is 2.86 bits per heavy atom. The fourth-order valence-corrected chi connectivity index (χ4v) is 5.15. The Balaban J connectivity index is 1.53. The van der Waals surface area contributed by atoms with Gasteiger partial charge in [-0.15, -0.1) is 11.3 Å². The molecule has 0 bridgehead atoms. The minimum atomic E-state index is -0.335. The van der Waals surface area contributed by atoms with E-state index in [1.54, 1.807) is 0 Å². The average Bonchev–Trinajstić information content (AvgIpc) is 3.30. The van der Waals surface area contributed by atoms with Crippen molar-refractivity contribution in [3.05, 3.63) is 43.3 Å². The summed E-state index contributed by atoms with van der Waals surface area (Å²) in [6.45, 7) is 7.49. The number of ether oxygens (including phenoxy) is 1. The standard InChI is InChI=1S/C22H25N3O3S/c1-13(2)12-25-7-8-28-17-4-3-14(9-16(17)25)10-18-20(27)24-21(29-18)15-11-23-22(5-6-22)19(15)26/h3-4,9-10,13,23H,5-8,11-12H2,1-2H3,(H,24,27)/b18-10-,21-15+. The first kappa shape index (κ1) is 18.6. The van der Waals surface area contributed by atoms with Gasteiger partial charge in [-0.05, 0) is 42.5 Å². The summed E-state index contributed by atoms with van der Waals surface area (Å²) >= 11 is 1.37. The van der Waals surface area contributed by atoms with Crippen molar-refractivity contribution in [1.29, 1.82) is 0 Å². The first-order chi connectivity index (χ1) is 13.9. The van der Waals surface area contributed by atoms with Gasteiger partial charge in [-0.3, -0.25) is 9.59 Å². The van der Waals surface area contributed by atoms with Gasteiger partial charge in [0.25, 0.3) is 5.56 Å². The zero-order valence-electron chi connectivity index (χ0n) is 16.7. The number of benzene rings is 1. The van der Waals surface area contributed by atoms with E-state index < -0.39 is 0 Å². The number of anilines is 1. The number of carbonyl (C=O) groups is 1. The molecule has 0 unspecified atom stereocenters. The molecule has 5 rings (SSSR count). The monoisotopic (exact) mass is 411 g/mol. The number of nitrogens with zero attached hydrogens (tertiary/aromatic N) is 1. The van der Waals surface area contributed by atoms with Crippen LogP contribution >= 0.6 is 11.3 Å². The topological polar surface area (TPSA) is 74.4 Å². The average molecular weight is 412 g/mol. The molecular weight excluding hydrogens is 386 g/mol. The molecule has 1 aromatic carbocycles. The summed E-state index contributed by atoms with van der Waals surface area (Å²) in [6.07, 6.45) is 3.69. The molecule has 1 saturated heterocycles. The molecule has 0 radical (unpaired) electrons. The van der Waals surface area contributed by atoms with Crippen LogP contribution in [-0.4, -0.2) is 42.5 Å². The molecule has 6 nitrogen and oxygen atoms in total. The molecular formula is C22H25N3O3S. The minimum absolute atomic E-state index is 0.143. The SMILES string of the molecule is CC(C)CN1CCOc2ccc(/C=c3\s/c(=C4\CNC5(CC5)C4=O)[nH]c3=O)cc21. The smallest absolute Gasteiger partial charge is 0.266 e. The number of H-pyrrole nitrogens is 1. The van der Waals surface area contributed by atoms with Gasteiger partial charge in [-0.2, -0.15) is 0 Å². The lowest BCUT2D eigenvalue weighted by Gasteiger charge is -2.32. The van der Waals surface area contributed by atoms with Gasteiger partial charge in [-0.1, -0.05) is 19.9 Å². The molecule has 0 atom stereocenters. The number of aromatic amines is 1. The van der Waals surface area contributed by atoms with Crippen molar-refractivity contribution in [2.75, 3.05) is 31.1 Å². The quantitative estimate of drug-likeness (QED) is 0.788. The van der Waals surface area contributed by atoms with Crippen LogP contribution in [0.5, 0.6) is 5.75 Å². The molecule has 3 heterocycles. The van der Waals surface area contributed by atoms with Crippen LogP contribution in [0, 0.1) is 5.92 Å². The number of ketones is 1. The molecule has 152 valence electrons. The van der Waals surface area contributed by atoms with E-state index in [0.29, 0.717) is 33.8 Å². The molecule has 2 N–H and O–H groups in total. The van der Waals surface area contributed by atoms with E-state index in [4.69, 9.17) is 4.74 Å². The van der Waals surface area contributed by atoms with Crippen molar-refractivity contribution in [2.45, 2.75) is 32.2 Å². The van der Waals surface area contributed by atoms with Gasteiger partial charge in [0, 0.05) is 18.7 Å². The molecule has 1 saturated carbocycles.